The number of hydrogen-bond acceptors (Lipinski definition) is 4. The molecule has 0 aliphatic heterocycles. The Morgan fingerprint density at radius 3 is 2.75 bits per heavy atom. The molecular formula is C15H18F3N3O3. The van der Waals surface area contributed by atoms with Crippen LogP contribution in [0.15, 0.2) is 24.5 Å². The van der Waals surface area contributed by atoms with Gasteiger partial charge in [0, 0.05) is 25.7 Å². The van der Waals surface area contributed by atoms with Crippen molar-refractivity contribution < 1.29 is 28.2 Å². The van der Waals surface area contributed by atoms with Crippen LogP contribution in [0.2, 0.25) is 0 Å². The molecule has 1 aromatic heterocycles. The van der Waals surface area contributed by atoms with Crippen molar-refractivity contribution in [3.63, 3.8) is 0 Å². The van der Waals surface area contributed by atoms with E-state index in [0.717, 1.165) is 10.4 Å². The monoisotopic (exact) mass is 345 g/mol. The number of aromatic nitrogens is 2. The Hall–Kier alpha value is -2.13. The summed E-state index contributed by atoms with van der Waals surface area (Å²) in [7, 11) is 1.78. The first-order valence-electron chi connectivity index (χ1n) is 7.27. The Labute approximate surface area is 136 Å². The minimum absolute atomic E-state index is 0.175. The summed E-state index contributed by atoms with van der Waals surface area (Å²) in [6, 6.07) is 4.64. The predicted octanol–water partition coefficient (Wildman–Crippen LogP) is 1.32. The van der Waals surface area contributed by atoms with Gasteiger partial charge in [0.1, 0.15) is 0 Å². The van der Waals surface area contributed by atoms with Gasteiger partial charge in [0.15, 0.2) is 0 Å². The molecular weight excluding hydrogens is 327 g/mol. The SMILES string of the molecule is Cn1cnc2cc(C(=O)N(CCC(F)(F)F)C[C@H](O)CO)ccc21. The summed E-state index contributed by atoms with van der Waals surface area (Å²) in [5, 5.41) is 18.4. The number of halogens is 3. The average molecular weight is 345 g/mol. The molecule has 0 saturated heterocycles. The fourth-order valence-corrected chi connectivity index (χ4v) is 2.30. The molecule has 0 radical (unpaired) electrons. The zero-order valence-corrected chi connectivity index (χ0v) is 13.0. The number of carbonyl (C=O) groups is 1. The number of hydrogen-bond donors (Lipinski definition) is 2. The van der Waals surface area contributed by atoms with Gasteiger partial charge >= 0.3 is 6.18 Å². The molecule has 132 valence electrons. The Kier molecular flexibility index (Phi) is 5.45. The second-order valence-electron chi connectivity index (χ2n) is 5.51. The molecule has 1 amide bonds. The topological polar surface area (TPSA) is 78.6 Å². The van der Waals surface area contributed by atoms with Crippen molar-refractivity contribution in [2.75, 3.05) is 19.7 Å². The maximum atomic E-state index is 12.5. The standard InChI is InChI=1S/C15H18F3N3O3/c1-20-9-19-12-6-10(2-3-13(12)20)14(24)21(7-11(23)8-22)5-4-15(16,17)18/h2-3,6,9,11,22-23H,4-5,7-8H2,1H3/t11-/m0/s1. The maximum Gasteiger partial charge on any atom is 0.390 e. The van der Waals surface area contributed by atoms with Gasteiger partial charge in [-0.25, -0.2) is 4.98 Å². The van der Waals surface area contributed by atoms with E-state index >= 15 is 0 Å². The van der Waals surface area contributed by atoms with Crippen LogP contribution in [0.3, 0.4) is 0 Å². The van der Waals surface area contributed by atoms with Crippen LogP contribution >= 0.6 is 0 Å². The van der Waals surface area contributed by atoms with E-state index in [4.69, 9.17) is 5.11 Å². The number of aryl methyl sites for hydroxylation is 1. The second kappa shape index (κ2) is 7.18. The van der Waals surface area contributed by atoms with Crippen LogP contribution in [0, 0.1) is 0 Å². The first-order chi connectivity index (χ1) is 11.2. The van der Waals surface area contributed by atoms with E-state index in [2.05, 4.69) is 4.98 Å². The summed E-state index contributed by atoms with van der Waals surface area (Å²) in [4.78, 5) is 17.5. The maximum absolute atomic E-state index is 12.5. The fourth-order valence-electron chi connectivity index (χ4n) is 2.30. The van der Waals surface area contributed by atoms with Crippen molar-refractivity contribution in [2.24, 2.45) is 7.05 Å². The first-order valence-corrected chi connectivity index (χ1v) is 7.27. The number of alkyl halides is 3. The lowest BCUT2D eigenvalue weighted by Gasteiger charge is -2.25. The Bertz CT molecular complexity index is 715. The molecule has 0 fully saturated rings. The molecule has 0 spiro atoms. The van der Waals surface area contributed by atoms with Gasteiger partial charge in [-0.05, 0) is 18.2 Å². The van der Waals surface area contributed by atoms with E-state index < -0.39 is 37.8 Å². The molecule has 2 rings (SSSR count). The minimum atomic E-state index is -4.42. The van der Waals surface area contributed by atoms with Gasteiger partial charge in [0.05, 0.1) is 36.5 Å². The van der Waals surface area contributed by atoms with Crippen molar-refractivity contribution in [1.82, 2.24) is 14.5 Å². The summed E-state index contributed by atoms with van der Waals surface area (Å²) in [5.74, 6) is -0.653. The van der Waals surface area contributed by atoms with Crippen molar-refractivity contribution in [2.45, 2.75) is 18.7 Å². The highest BCUT2D eigenvalue weighted by molar-refractivity contribution is 5.97. The van der Waals surface area contributed by atoms with Crippen LogP contribution in [0.25, 0.3) is 11.0 Å². The Balaban J connectivity index is 2.23. The molecule has 0 aliphatic rings. The van der Waals surface area contributed by atoms with Crippen molar-refractivity contribution in [3.8, 4) is 0 Å². The van der Waals surface area contributed by atoms with E-state index in [1.165, 1.54) is 12.1 Å². The smallest absolute Gasteiger partial charge is 0.390 e. The largest absolute Gasteiger partial charge is 0.394 e. The lowest BCUT2D eigenvalue weighted by atomic mass is 10.1. The number of carbonyl (C=O) groups excluding carboxylic acids is 1. The van der Waals surface area contributed by atoms with Crippen LogP contribution in [0.4, 0.5) is 13.2 Å². The van der Waals surface area contributed by atoms with E-state index in [0.29, 0.717) is 5.52 Å². The molecule has 1 atom stereocenters. The molecule has 1 heterocycles. The van der Waals surface area contributed by atoms with E-state index in [1.807, 2.05) is 0 Å². The summed E-state index contributed by atoms with van der Waals surface area (Å²) in [6.45, 7) is -1.62. The van der Waals surface area contributed by atoms with Gasteiger partial charge in [-0.1, -0.05) is 0 Å². The first kappa shape index (κ1) is 18.2. The molecule has 0 saturated carbocycles. The van der Waals surface area contributed by atoms with Crippen molar-refractivity contribution in [1.29, 1.82) is 0 Å². The van der Waals surface area contributed by atoms with E-state index in [9.17, 15) is 23.1 Å². The molecule has 6 nitrogen and oxygen atoms in total. The van der Waals surface area contributed by atoms with Gasteiger partial charge in [0.2, 0.25) is 0 Å². The summed E-state index contributed by atoms with van der Waals surface area (Å²) in [6.07, 6.45) is -5.35. The van der Waals surface area contributed by atoms with Gasteiger partial charge in [-0.3, -0.25) is 4.79 Å². The average Bonchev–Trinajstić information content (AvgIpc) is 2.90. The van der Waals surface area contributed by atoms with Gasteiger partial charge in [0.25, 0.3) is 5.91 Å². The molecule has 24 heavy (non-hydrogen) atoms. The normalized spacial score (nSPS) is 13.2. The van der Waals surface area contributed by atoms with Gasteiger partial charge < -0.3 is 19.7 Å². The number of benzene rings is 1. The van der Waals surface area contributed by atoms with Crippen LogP contribution < -0.4 is 0 Å². The predicted molar refractivity (Wildman–Crippen MR) is 80.4 cm³/mol. The molecule has 2 N–H and O–H groups in total. The van der Waals surface area contributed by atoms with E-state index in [-0.39, 0.29) is 12.1 Å². The molecule has 1 aromatic carbocycles. The van der Waals surface area contributed by atoms with Crippen LogP contribution in [0.5, 0.6) is 0 Å². The molecule has 0 bridgehead atoms. The molecule has 2 aromatic rings. The van der Waals surface area contributed by atoms with Crippen LogP contribution in [-0.4, -0.2) is 62.5 Å². The number of imidazole rings is 1. The lowest BCUT2D eigenvalue weighted by molar-refractivity contribution is -0.137. The highest BCUT2D eigenvalue weighted by atomic mass is 19.4. The van der Waals surface area contributed by atoms with E-state index in [1.54, 1.807) is 24.0 Å². The van der Waals surface area contributed by atoms with Crippen molar-refractivity contribution >= 4 is 16.9 Å². The highest BCUT2D eigenvalue weighted by Gasteiger charge is 2.30. The summed E-state index contributed by atoms with van der Waals surface area (Å²) in [5.41, 5.74) is 1.50. The van der Waals surface area contributed by atoms with Gasteiger partial charge in [-0.2, -0.15) is 13.2 Å². The Morgan fingerprint density at radius 2 is 2.12 bits per heavy atom. The second-order valence-corrected chi connectivity index (χ2v) is 5.51. The van der Waals surface area contributed by atoms with Crippen molar-refractivity contribution in [3.05, 3.63) is 30.1 Å². The zero-order chi connectivity index (χ0) is 17.9. The third kappa shape index (κ3) is 4.45. The zero-order valence-electron chi connectivity index (χ0n) is 13.0. The molecule has 0 aliphatic carbocycles. The third-order valence-corrected chi connectivity index (χ3v) is 3.57. The number of aliphatic hydroxyl groups is 2. The number of amides is 1. The highest BCUT2D eigenvalue weighted by Crippen LogP contribution is 2.21. The number of fused-ring (bicyclic) bond motifs is 1. The molecule has 0 unspecified atom stereocenters. The number of nitrogens with zero attached hydrogens (tertiary/aromatic N) is 3. The molecule has 9 heteroatoms. The summed E-state index contributed by atoms with van der Waals surface area (Å²) >= 11 is 0. The minimum Gasteiger partial charge on any atom is -0.394 e. The van der Waals surface area contributed by atoms with Crippen LogP contribution in [0.1, 0.15) is 16.8 Å². The lowest BCUT2D eigenvalue weighted by Crippen LogP contribution is -2.40. The fraction of sp³-hybridized carbons (Fsp3) is 0.467. The van der Waals surface area contributed by atoms with Crippen LogP contribution in [-0.2, 0) is 7.05 Å². The van der Waals surface area contributed by atoms with Gasteiger partial charge in [-0.15, -0.1) is 0 Å². The summed E-state index contributed by atoms with van der Waals surface area (Å²) < 4.78 is 39.1. The number of rotatable bonds is 6. The Morgan fingerprint density at radius 1 is 1.42 bits per heavy atom. The quantitative estimate of drug-likeness (QED) is 0.828. The third-order valence-electron chi connectivity index (χ3n) is 3.57. The number of aliphatic hydroxyl groups excluding tert-OH is 2.